The van der Waals surface area contributed by atoms with Crippen LogP contribution in [0.1, 0.15) is 39.5 Å². The van der Waals surface area contributed by atoms with Gasteiger partial charge in [0.25, 0.3) is 0 Å². The molecule has 2 atom stereocenters. The quantitative estimate of drug-likeness (QED) is 0.834. The molecule has 0 aromatic heterocycles. The number of amides is 2. The maximum Gasteiger partial charge on any atom is 0.320 e. The van der Waals surface area contributed by atoms with Crippen LogP contribution in [0.4, 0.5) is 4.79 Å². The van der Waals surface area contributed by atoms with E-state index in [4.69, 9.17) is 0 Å². The van der Waals surface area contributed by atoms with Crippen molar-refractivity contribution in [1.29, 1.82) is 0 Å². The number of carbonyl (C=O) groups is 1. The molecule has 0 aromatic rings. The summed E-state index contributed by atoms with van der Waals surface area (Å²) in [5.41, 5.74) is 0. The maximum atomic E-state index is 12.5. The second-order valence-corrected chi connectivity index (χ2v) is 5.81. The van der Waals surface area contributed by atoms with Gasteiger partial charge >= 0.3 is 6.03 Å². The van der Waals surface area contributed by atoms with Crippen molar-refractivity contribution in [2.24, 2.45) is 5.92 Å². The van der Waals surface area contributed by atoms with E-state index in [-0.39, 0.29) is 6.03 Å². The lowest BCUT2D eigenvalue weighted by molar-refractivity contribution is 0.130. The summed E-state index contributed by atoms with van der Waals surface area (Å²) in [6, 6.07) is 0.758. The van der Waals surface area contributed by atoms with Gasteiger partial charge in [0, 0.05) is 32.2 Å². The Balaban J connectivity index is 1.87. The number of carbonyl (C=O) groups excluding carboxylic acids is 1. The van der Waals surface area contributed by atoms with Crippen LogP contribution in [0.5, 0.6) is 0 Å². The number of urea groups is 1. The molecule has 0 radical (unpaired) electrons. The highest BCUT2D eigenvalue weighted by atomic mass is 16.2. The summed E-state index contributed by atoms with van der Waals surface area (Å²) in [6.07, 6.45) is 4.88. The normalized spacial score (nSPS) is 28.4. The van der Waals surface area contributed by atoms with Crippen molar-refractivity contribution in [2.75, 3.05) is 32.7 Å². The average molecular weight is 253 g/mol. The molecular weight excluding hydrogens is 226 g/mol. The summed E-state index contributed by atoms with van der Waals surface area (Å²) >= 11 is 0. The van der Waals surface area contributed by atoms with Gasteiger partial charge in [0.15, 0.2) is 0 Å². The molecule has 2 rings (SSSR count). The first-order valence-electron chi connectivity index (χ1n) is 7.48. The molecule has 1 N–H and O–H groups in total. The van der Waals surface area contributed by atoms with Crippen LogP contribution in [0.15, 0.2) is 0 Å². The first kappa shape index (κ1) is 13.7. The zero-order valence-corrected chi connectivity index (χ0v) is 11.8. The Morgan fingerprint density at radius 2 is 2.22 bits per heavy atom. The van der Waals surface area contributed by atoms with Crippen LogP contribution in [0, 0.1) is 5.92 Å². The number of piperidine rings is 1. The summed E-state index contributed by atoms with van der Waals surface area (Å²) in [7, 11) is 0. The minimum absolute atomic E-state index is 0.248. The molecule has 4 nitrogen and oxygen atoms in total. The summed E-state index contributed by atoms with van der Waals surface area (Å²) in [4.78, 5) is 16.5. The Hall–Kier alpha value is -0.770. The standard InChI is InChI=1S/C14H27N3O/c1-3-16(11-13-7-4-8-15-13)14(18)17-9-5-6-12(2)10-17/h12-13,15H,3-11H2,1-2H3. The van der Waals surface area contributed by atoms with Crippen LogP contribution in [-0.4, -0.2) is 54.6 Å². The van der Waals surface area contributed by atoms with Crippen molar-refractivity contribution in [2.45, 2.75) is 45.6 Å². The van der Waals surface area contributed by atoms with E-state index in [0.29, 0.717) is 12.0 Å². The molecule has 2 fully saturated rings. The molecule has 104 valence electrons. The Labute approximate surface area is 111 Å². The zero-order chi connectivity index (χ0) is 13.0. The van der Waals surface area contributed by atoms with Gasteiger partial charge in [0.1, 0.15) is 0 Å². The minimum Gasteiger partial charge on any atom is -0.324 e. The van der Waals surface area contributed by atoms with Gasteiger partial charge in [-0.3, -0.25) is 0 Å². The summed E-state index contributed by atoms with van der Waals surface area (Å²) in [5, 5.41) is 3.48. The van der Waals surface area contributed by atoms with E-state index in [1.165, 1.54) is 19.3 Å². The molecule has 0 aromatic carbocycles. The van der Waals surface area contributed by atoms with Gasteiger partial charge in [-0.2, -0.15) is 0 Å². The SMILES string of the molecule is CCN(CC1CCCN1)C(=O)N1CCCC(C)C1. The minimum atomic E-state index is 0.248. The molecular formula is C14H27N3O. The van der Waals surface area contributed by atoms with E-state index in [9.17, 15) is 4.79 Å². The molecule has 18 heavy (non-hydrogen) atoms. The second-order valence-electron chi connectivity index (χ2n) is 5.81. The second kappa shape index (κ2) is 6.41. The first-order chi connectivity index (χ1) is 8.70. The molecule has 0 bridgehead atoms. The van der Waals surface area contributed by atoms with Crippen molar-refractivity contribution in [3.8, 4) is 0 Å². The molecule has 2 saturated heterocycles. The van der Waals surface area contributed by atoms with Gasteiger partial charge in [0.05, 0.1) is 0 Å². The van der Waals surface area contributed by atoms with E-state index in [1.54, 1.807) is 0 Å². The van der Waals surface area contributed by atoms with Crippen LogP contribution in [0.2, 0.25) is 0 Å². The van der Waals surface area contributed by atoms with Gasteiger partial charge in [-0.25, -0.2) is 4.79 Å². The Morgan fingerprint density at radius 3 is 2.83 bits per heavy atom. The number of likely N-dealkylation sites (N-methyl/N-ethyl adjacent to an activating group) is 1. The van der Waals surface area contributed by atoms with Gasteiger partial charge in [-0.05, 0) is 45.1 Å². The lowest BCUT2D eigenvalue weighted by atomic mass is 10.0. The van der Waals surface area contributed by atoms with E-state index in [0.717, 1.165) is 39.1 Å². The lowest BCUT2D eigenvalue weighted by Crippen LogP contribution is -2.50. The molecule has 2 unspecified atom stereocenters. The molecule has 2 heterocycles. The highest BCUT2D eigenvalue weighted by Crippen LogP contribution is 2.17. The van der Waals surface area contributed by atoms with Crippen molar-refractivity contribution >= 4 is 6.03 Å². The van der Waals surface area contributed by atoms with Crippen LogP contribution in [0.3, 0.4) is 0 Å². The molecule has 4 heteroatoms. The highest BCUT2D eigenvalue weighted by Gasteiger charge is 2.26. The third kappa shape index (κ3) is 3.37. The number of hydrogen-bond acceptors (Lipinski definition) is 2. The summed E-state index contributed by atoms with van der Waals surface area (Å²) < 4.78 is 0. The fraction of sp³-hybridized carbons (Fsp3) is 0.929. The Kier molecular flexibility index (Phi) is 4.87. The van der Waals surface area contributed by atoms with Gasteiger partial charge in [-0.1, -0.05) is 6.92 Å². The third-order valence-electron chi connectivity index (χ3n) is 4.18. The average Bonchev–Trinajstić information content (AvgIpc) is 2.88. The van der Waals surface area contributed by atoms with E-state index >= 15 is 0 Å². The lowest BCUT2D eigenvalue weighted by Gasteiger charge is -2.36. The molecule has 0 aliphatic carbocycles. The van der Waals surface area contributed by atoms with Gasteiger partial charge < -0.3 is 15.1 Å². The molecule has 0 saturated carbocycles. The zero-order valence-electron chi connectivity index (χ0n) is 11.8. The van der Waals surface area contributed by atoms with Crippen LogP contribution in [-0.2, 0) is 0 Å². The smallest absolute Gasteiger partial charge is 0.320 e. The molecule has 0 spiro atoms. The van der Waals surface area contributed by atoms with Crippen molar-refractivity contribution < 1.29 is 4.79 Å². The van der Waals surface area contributed by atoms with E-state index in [2.05, 4.69) is 19.2 Å². The monoisotopic (exact) mass is 253 g/mol. The topological polar surface area (TPSA) is 35.6 Å². The van der Waals surface area contributed by atoms with Crippen molar-refractivity contribution in [1.82, 2.24) is 15.1 Å². The maximum absolute atomic E-state index is 12.5. The highest BCUT2D eigenvalue weighted by molar-refractivity contribution is 5.74. The summed E-state index contributed by atoms with van der Waals surface area (Å²) in [6.45, 7) is 9.01. The first-order valence-corrected chi connectivity index (χ1v) is 7.48. The predicted molar refractivity (Wildman–Crippen MR) is 73.6 cm³/mol. The fourth-order valence-corrected chi connectivity index (χ4v) is 3.08. The van der Waals surface area contributed by atoms with Crippen LogP contribution < -0.4 is 5.32 Å². The van der Waals surface area contributed by atoms with Crippen LogP contribution >= 0.6 is 0 Å². The summed E-state index contributed by atoms with van der Waals surface area (Å²) in [5.74, 6) is 0.658. The fourth-order valence-electron chi connectivity index (χ4n) is 3.08. The number of nitrogens with zero attached hydrogens (tertiary/aromatic N) is 2. The largest absolute Gasteiger partial charge is 0.324 e. The van der Waals surface area contributed by atoms with E-state index < -0.39 is 0 Å². The number of hydrogen-bond donors (Lipinski definition) is 1. The third-order valence-corrected chi connectivity index (χ3v) is 4.18. The molecule has 2 amide bonds. The van der Waals surface area contributed by atoms with Crippen LogP contribution in [0.25, 0.3) is 0 Å². The van der Waals surface area contributed by atoms with Gasteiger partial charge in [0.2, 0.25) is 0 Å². The molecule has 2 aliphatic rings. The Bertz CT molecular complexity index is 276. The molecule has 2 aliphatic heterocycles. The predicted octanol–water partition coefficient (Wildman–Crippen LogP) is 1.91. The van der Waals surface area contributed by atoms with Gasteiger partial charge in [-0.15, -0.1) is 0 Å². The van der Waals surface area contributed by atoms with Crippen molar-refractivity contribution in [3.05, 3.63) is 0 Å². The number of rotatable bonds is 3. The van der Waals surface area contributed by atoms with Crippen molar-refractivity contribution in [3.63, 3.8) is 0 Å². The van der Waals surface area contributed by atoms with E-state index in [1.807, 2.05) is 9.80 Å². The Morgan fingerprint density at radius 1 is 1.39 bits per heavy atom. The number of nitrogens with one attached hydrogen (secondary N) is 1. The number of likely N-dealkylation sites (tertiary alicyclic amines) is 1.